The smallest absolute Gasteiger partial charge is 0.0518 e. The first-order valence-corrected chi connectivity index (χ1v) is 8.74. The lowest BCUT2D eigenvalue weighted by molar-refractivity contribution is 0.133. The fourth-order valence-corrected chi connectivity index (χ4v) is 3.78. The summed E-state index contributed by atoms with van der Waals surface area (Å²) in [5.41, 5.74) is 1.14. The average Bonchev–Trinajstić information content (AvgIpc) is 3.30. The number of hydrogen-bond donors (Lipinski definition) is 1. The zero-order valence-electron chi connectivity index (χ0n) is 13.6. The molecule has 1 N–H and O–H groups in total. The molecule has 2 rings (SSSR count). The van der Waals surface area contributed by atoms with Crippen molar-refractivity contribution in [2.45, 2.75) is 77.6 Å². The van der Waals surface area contributed by atoms with E-state index < -0.39 is 0 Å². The van der Waals surface area contributed by atoms with Crippen LogP contribution in [0.5, 0.6) is 0 Å². The Morgan fingerprint density at radius 2 is 1.50 bits per heavy atom. The second kappa shape index (κ2) is 7.26. The number of hydrogen-bond acceptors (Lipinski definition) is 2. The van der Waals surface area contributed by atoms with Gasteiger partial charge in [-0.05, 0) is 61.7 Å². The Kier molecular flexibility index (Phi) is 5.92. The monoisotopic (exact) mass is 282 g/mol. The van der Waals surface area contributed by atoms with Crippen LogP contribution in [0.2, 0.25) is 0 Å². The molecule has 2 saturated carbocycles. The van der Waals surface area contributed by atoms with E-state index in [2.05, 4.69) is 6.92 Å². The van der Waals surface area contributed by atoms with Crippen molar-refractivity contribution in [2.24, 2.45) is 16.7 Å². The topological polar surface area (TPSA) is 29.5 Å². The van der Waals surface area contributed by atoms with Gasteiger partial charge in [-0.15, -0.1) is 0 Å². The first-order valence-electron chi connectivity index (χ1n) is 8.74. The van der Waals surface area contributed by atoms with Crippen molar-refractivity contribution in [3.63, 3.8) is 0 Å². The van der Waals surface area contributed by atoms with Gasteiger partial charge in [0, 0.05) is 13.7 Å². The van der Waals surface area contributed by atoms with Gasteiger partial charge < -0.3 is 9.84 Å². The maximum atomic E-state index is 9.08. The standard InChI is InChI=1S/C18H34O2/c1-16(5-3-7-17(9-10-17)13-14-19)6-4-8-18(11-12-18)15-20-2/h16,19H,3-15H2,1-2H3. The third-order valence-corrected chi connectivity index (χ3v) is 5.81. The van der Waals surface area contributed by atoms with E-state index in [4.69, 9.17) is 9.84 Å². The second-order valence-corrected chi connectivity index (χ2v) is 7.80. The van der Waals surface area contributed by atoms with Crippen LogP contribution >= 0.6 is 0 Å². The van der Waals surface area contributed by atoms with E-state index in [-0.39, 0.29) is 0 Å². The second-order valence-electron chi connectivity index (χ2n) is 7.80. The summed E-state index contributed by atoms with van der Waals surface area (Å²) >= 11 is 0. The highest BCUT2D eigenvalue weighted by molar-refractivity contribution is 4.93. The fourth-order valence-electron chi connectivity index (χ4n) is 3.78. The zero-order valence-corrected chi connectivity index (χ0v) is 13.6. The molecule has 2 heteroatoms. The molecular weight excluding hydrogens is 248 g/mol. The number of ether oxygens (including phenoxy) is 1. The molecule has 0 amide bonds. The third kappa shape index (κ3) is 5.04. The average molecular weight is 282 g/mol. The minimum atomic E-state index is 0.386. The lowest BCUT2D eigenvalue weighted by Gasteiger charge is -2.17. The van der Waals surface area contributed by atoms with E-state index >= 15 is 0 Å². The van der Waals surface area contributed by atoms with Crippen molar-refractivity contribution in [1.29, 1.82) is 0 Å². The Balaban J connectivity index is 1.49. The van der Waals surface area contributed by atoms with Gasteiger partial charge in [0.05, 0.1) is 6.61 Å². The van der Waals surface area contributed by atoms with Crippen molar-refractivity contribution in [3.05, 3.63) is 0 Å². The van der Waals surface area contributed by atoms with Crippen molar-refractivity contribution in [2.75, 3.05) is 20.3 Å². The molecule has 0 aromatic rings. The van der Waals surface area contributed by atoms with E-state index in [9.17, 15) is 0 Å². The van der Waals surface area contributed by atoms with Gasteiger partial charge in [0.1, 0.15) is 0 Å². The summed E-state index contributed by atoms with van der Waals surface area (Å²) in [7, 11) is 1.84. The van der Waals surface area contributed by atoms with Crippen molar-refractivity contribution >= 4 is 0 Å². The van der Waals surface area contributed by atoms with Gasteiger partial charge in [-0.1, -0.05) is 32.6 Å². The van der Waals surface area contributed by atoms with Gasteiger partial charge >= 0.3 is 0 Å². The SMILES string of the molecule is COCC1(CCCC(C)CCCC2(CCO)CC2)CC1. The molecule has 2 aliphatic rings. The highest BCUT2D eigenvalue weighted by atomic mass is 16.5. The number of methoxy groups -OCH3 is 1. The van der Waals surface area contributed by atoms with Crippen molar-refractivity contribution in [1.82, 2.24) is 0 Å². The van der Waals surface area contributed by atoms with Crippen molar-refractivity contribution in [3.8, 4) is 0 Å². The molecule has 0 aliphatic heterocycles. The van der Waals surface area contributed by atoms with Crippen LogP contribution in [0.1, 0.15) is 77.6 Å². The van der Waals surface area contributed by atoms with Gasteiger partial charge in [0.2, 0.25) is 0 Å². The maximum Gasteiger partial charge on any atom is 0.0518 e. The van der Waals surface area contributed by atoms with Gasteiger partial charge in [-0.3, -0.25) is 0 Å². The molecule has 0 heterocycles. The Hall–Kier alpha value is -0.0800. The Morgan fingerprint density at radius 3 is 1.95 bits per heavy atom. The van der Waals surface area contributed by atoms with Crippen LogP contribution in [0.3, 0.4) is 0 Å². The third-order valence-electron chi connectivity index (χ3n) is 5.81. The normalized spacial score (nSPS) is 23.6. The van der Waals surface area contributed by atoms with Crippen LogP contribution in [0.4, 0.5) is 0 Å². The maximum absolute atomic E-state index is 9.08. The molecule has 0 bridgehead atoms. The molecule has 1 unspecified atom stereocenters. The lowest BCUT2D eigenvalue weighted by atomic mass is 9.90. The number of aliphatic hydroxyl groups excluding tert-OH is 1. The molecule has 118 valence electrons. The molecule has 0 radical (unpaired) electrons. The van der Waals surface area contributed by atoms with Crippen LogP contribution in [0, 0.1) is 16.7 Å². The Bertz CT molecular complexity index is 251. The first-order chi connectivity index (χ1) is 9.64. The highest BCUT2D eigenvalue weighted by Crippen LogP contribution is 2.53. The molecule has 2 aliphatic carbocycles. The van der Waals surface area contributed by atoms with Gasteiger partial charge in [0.25, 0.3) is 0 Å². The fraction of sp³-hybridized carbons (Fsp3) is 1.00. The minimum Gasteiger partial charge on any atom is -0.396 e. The molecule has 0 aromatic carbocycles. The lowest BCUT2D eigenvalue weighted by Crippen LogP contribution is -2.09. The molecule has 0 aromatic heterocycles. The summed E-state index contributed by atoms with van der Waals surface area (Å²) in [6.45, 7) is 3.78. The van der Waals surface area contributed by atoms with Crippen LogP contribution in [-0.4, -0.2) is 25.4 Å². The van der Waals surface area contributed by atoms with Crippen LogP contribution in [0.15, 0.2) is 0 Å². The molecule has 0 spiro atoms. The first kappa shape index (κ1) is 16.3. The minimum absolute atomic E-state index is 0.386. The number of rotatable bonds is 12. The van der Waals surface area contributed by atoms with Crippen molar-refractivity contribution < 1.29 is 9.84 Å². The number of aliphatic hydroxyl groups is 1. The molecule has 1 atom stereocenters. The van der Waals surface area contributed by atoms with Crippen LogP contribution < -0.4 is 0 Å². The Morgan fingerprint density at radius 1 is 0.950 bits per heavy atom. The van der Waals surface area contributed by atoms with E-state index in [1.165, 1.54) is 64.2 Å². The van der Waals surface area contributed by atoms with E-state index in [0.29, 0.717) is 17.4 Å². The highest BCUT2D eigenvalue weighted by Gasteiger charge is 2.42. The molecular formula is C18H34O2. The van der Waals surface area contributed by atoms with Crippen LogP contribution in [-0.2, 0) is 4.74 Å². The molecule has 2 nitrogen and oxygen atoms in total. The van der Waals surface area contributed by atoms with E-state index in [0.717, 1.165) is 18.9 Å². The van der Waals surface area contributed by atoms with Crippen LogP contribution in [0.25, 0.3) is 0 Å². The summed E-state index contributed by atoms with van der Waals surface area (Å²) in [4.78, 5) is 0. The summed E-state index contributed by atoms with van der Waals surface area (Å²) in [5.74, 6) is 0.873. The van der Waals surface area contributed by atoms with E-state index in [1.54, 1.807) is 0 Å². The zero-order chi connectivity index (χ0) is 14.5. The quantitative estimate of drug-likeness (QED) is 0.569. The predicted molar refractivity (Wildman–Crippen MR) is 83.8 cm³/mol. The predicted octanol–water partition coefficient (Wildman–Crippen LogP) is 4.55. The van der Waals surface area contributed by atoms with Gasteiger partial charge in [-0.25, -0.2) is 0 Å². The summed E-state index contributed by atoms with van der Waals surface area (Å²) in [6.07, 6.45) is 14.8. The Labute approximate surface area is 125 Å². The largest absolute Gasteiger partial charge is 0.396 e. The van der Waals surface area contributed by atoms with Gasteiger partial charge in [0.15, 0.2) is 0 Å². The molecule has 20 heavy (non-hydrogen) atoms. The van der Waals surface area contributed by atoms with Gasteiger partial charge in [-0.2, -0.15) is 0 Å². The summed E-state index contributed by atoms with van der Waals surface area (Å²) in [6, 6.07) is 0. The molecule has 0 saturated heterocycles. The summed E-state index contributed by atoms with van der Waals surface area (Å²) in [5, 5.41) is 9.08. The molecule has 2 fully saturated rings. The summed E-state index contributed by atoms with van der Waals surface area (Å²) < 4.78 is 5.34. The van der Waals surface area contributed by atoms with E-state index in [1.807, 2.05) is 7.11 Å².